The van der Waals surface area contributed by atoms with E-state index in [9.17, 15) is 0 Å². The first-order valence-electron chi connectivity index (χ1n) is 13.5. The summed E-state index contributed by atoms with van der Waals surface area (Å²) in [4.78, 5) is 6.91. The molecule has 6 rings (SSSR count). The van der Waals surface area contributed by atoms with Gasteiger partial charge in [-0.3, -0.25) is 4.90 Å². The molecule has 198 valence electrons. The second-order valence-corrected chi connectivity index (χ2v) is 10.6. The standard InChI is InChI=1S/C32H34N6O/c1-22-5-9-25(10-6-22)32(26-11-7-23(2)8-12-26)36-16-15-28(19-36)38-20-29(34-35-38)27-13-14-30(31(17-27)39-4)37-18-24(3)33-21-37/h5-14,17-18,20-21,28,32H,15-16,19H2,1-4H3. The predicted octanol–water partition coefficient (Wildman–Crippen LogP) is 6.10. The Labute approximate surface area is 229 Å². The summed E-state index contributed by atoms with van der Waals surface area (Å²) in [5.74, 6) is 0.769. The van der Waals surface area contributed by atoms with Gasteiger partial charge in [-0.05, 0) is 50.5 Å². The van der Waals surface area contributed by atoms with Crippen molar-refractivity contribution in [1.29, 1.82) is 0 Å². The first-order chi connectivity index (χ1) is 19.0. The Morgan fingerprint density at radius 3 is 2.18 bits per heavy atom. The monoisotopic (exact) mass is 518 g/mol. The van der Waals surface area contributed by atoms with Crippen LogP contribution in [0.1, 0.15) is 46.5 Å². The van der Waals surface area contributed by atoms with Crippen molar-refractivity contribution >= 4 is 0 Å². The summed E-state index contributed by atoms with van der Waals surface area (Å²) in [6.45, 7) is 8.17. The molecule has 0 bridgehead atoms. The zero-order chi connectivity index (χ0) is 26.9. The van der Waals surface area contributed by atoms with Crippen LogP contribution in [-0.2, 0) is 0 Å². The summed E-state index contributed by atoms with van der Waals surface area (Å²) in [7, 11) is 1.69. The Hall–Kier alpha value is -4.23. The van der Waals surface area contributed by atoms with Gasteiger partial charge in [0.05, 0.1) is 43.1 Å². The highest BCUT2D eigenvalue weighted by molar-refractivity contribution is 5.64. The van der Waals surface area contributed by atoms with E-state index in [1.165, 1.54) is 22.3 Å². The lowest BCUT2D eigenvalue weighted by Gasteiger charge is -2.29. The van der Waals surface area contributed by atoms with Crippen LogP contribution in [0, 0.1) is 20.8 Å². The Balaban J connectivity index is 1.24. The molecule has 7 nitrogen and oxygen atoms in total. The minimum Gasteiger partial charge on any atom is -0.495 e. The zero-order valence-electron chi connectivity index (χ0n) is 23.0. The van der Waals surface area contributed by atoms with E-state index in [1.807, 2.05) is 34.5 Å². The molecule has 2 aromatic heterocycles. The lowest BCUT2D eigenvalue weighted by Crippen LogP contribution is -2.28. The maximum absolute atomic E-state index is 5.71. The molecule has 0 saturated carbocycles. The molecule has 3 aromatic carbocycles. The van der Waals surface area contributed by atoms with Crippen molar-refractivity contribution in [3.63, 3.8) is 0 Å². The van der Waals surface area contributed by atoms with Gasteiger partial charge in [0, 0.05) is 24.8 Å². The van der Waals surface area contributed by atoms with Crippen LogP contribution < -0.4 is 4.74 Å². The van der Waals surface area contributed by atoms with Crippen molar-refractivity contribution in [3.05, 3.63) is 113 Å². The summed E-state index contributed by atoms with van der Waals surface area (Å²) in [6, 6.07) is 24.5. The molecular formula is C32H34N6O. The number of hydrogen-bond donors (Lipinski definition) is 0. The highest BCUT2D eigenvalue weighted by Gasteiger charge is 2.32. The van der Waals surface area contributed by atoms with Crippen molar-refractivity contribution in [2.24, 2.45) is 0 Å². The smallest absolute Gasteiger partial charge is 0.143 e. The van der Waals surface area contributed by atoms with Crippen LogP contribution in [0.2, 0.25) is 0 Å². The van der Waals surface area contributed by atoms with Crippen molar-refractivity contribution in [3.8, 4) is 22.7 Å². The van der Waals surface area contributed by atoms with Gasteiger partial charge >= 0.3 is 0 Å². The summed E-state index contributed by atoms with van der Waals surface area (Å²) in [5.41, 5.74) is 8.93. The van der Waals surface area contributed by atoms with Gasteiger partial charge in [0.1, 0.15) is 11.4 Å². The minimum absolute atomic E-state index is 0.211. The van der Waals surface area contributed by atoms with Crippen LogP contribution in [-0.4, -0.2) is 49.6 Å². The molecule has 1 aliphatic rings. The summed E-state index contributed by atoms with van der Waals surface area (Å²) < 4.78 is 9.72. The normalized spacial score (nSPS) is 15.8. The topological polar surface area (TPSA) is 61.0 Å². The number of aryl methyl sites for hydroxylation is 3. The van der Waals surface area contributed by atoms with Crippen molar-refractivity contribution < 1.29 is 4.74 Å². The molecule has 1 saturated heterocycles. The van der Waals surface area contributed by atoms with E-state index in [2.05, 4.69) is 94.8 Å². The molecule has 0 spiro atoms. The second kappa shape index (κ2) is 10.5. The van der Waals surface area contributed by atoms with Gasteiger partial charge in [-0.25, -0.2) is 9.67 Å². The van der Waals surface area contributed by atoms with Gasteiger partial charge in [0.25, 0.3) is 0 Å². The molecule has 1 fully saturated rings. The van der Waals surface area contributed by atoms with E-state index < -0.39 is 0 Å². The molecule has 0 amide bonds. The largest absolute Gasteiger partial charge is 0.495 e. The molecular weight excluding hydrogens is 484 g/mol. The van der Waals surface area contributed by atoms with Gasteiger partial charge < -0.3 is 9.30 Å². The number of imidazole rings is 1. The van der Waals surface area contributed by atoms with E-state index in [1.54, 1.807) is 13.4 Å². The van der Waals surface area contributed by atoms with Crippen LogP contribution in [0.5, 0.6) is 5.75 Å². The predicted molar refractivity (Wildman–Crippen MR) is 153 cm³/mol. The fourth-order valence-electron chi connectivity index (χ4n) is 5.52. The number of rotatable bonds is 7. The maximum Gasteiger partial charge on any atom is 0.143 e. The third-order valence-electron chi connectivity index (χ3n) is 7.70. The quantitative estimate of drug-likeness (QED) is 0.261. The molecule has 1 aliphatic heterocycles. The third kappa shape index (κ3) is 5.10. The van der Waals surface area contributed by atoms with Gasteiger partial charge in [0.15, 0.2) is 0 Å². The molecule has 3 heterocycles. The number of methoxy groups -OCH3 is 1. The fraction of sp³-hybridized carbons (Fsp3) is 0.281. The van der Waals surface area contributed by atoms with Crippen LogP contribution in [0.15, 0.2) is 85.5 Å². The zero-order valence-corrected chi connectivity index (χ0v) is 23.0. The average Bonchev–Trinajstić information content (AvgIpc) is 3.72. The van der Waals surface area contributed by atoms with E-state index in [-0.39, 0.29) is 12.1 Å². The molecule has 5 aromatic rings. The van der Waals surface area contributed by atoms with Gasteiger partial charge in [0.2, 0.25) is 0 Å². The first kappa shape index (κ1) is 25.1. The molecule has 39 heavy (non-hydrogen) atoms. The number of hydrogen-bond acceptors (Lipinski definition) is 5. The van der Waals surface area contributed by atoms with Crippen LogP contribution >= 0.6 is 0 Å². The van der Waals surface area contributed by atoms with E-state index in [4.69, 9.17) is 4.74 Å². The van der Waals surface area contributed by atoms with Gasteiger partial charge in [-0.1, -0.05) is 70.9 Å². The number of aromatic nitrogens is 5. The lowest BCUT2D eigenvalue weighted by molar-refractivity contribution is 0.266. The van der Waals surface area contributed by atoms with E-state index in [0.717, 1.165) is 47.9 Å². The first-order valence-corrected chi connectivity index (χ1v) is 13.5. The average molecular weight is 519 g/mol. The van der Waals surface area contributed by atoms with Gasteiger partial charge in [-0.2, -0.15) is 0 Å². The maximum atomic E-state index is 5.71. The fourth-order valence-corrected chi connectivity index (χ4v) is 5.52. The lowest BCUT2D eigenvalue weighted by atomic mass is 9.96. The van der Waals surface area contributed by atoms with Crippen LogP contribution in [0.25, 0.3) is 16.9 Å². The Kier molecular flexibility index (Phi) is 6.75. The van der Waals surface area contributed by atoms with Crippen molar-refractivity contribution in [2.75, 3.05) is 20.2 Å². The highest BCUT2D eigenvalue weighted by Crippen LogP contribution is 2.36. The molecule has 0 aliphatic carbocycles. The van der Waals surface area contributed by atoms with E-state index in [0.29, 0.717) is 0 Å². The Morgan fingerprint density at radius 2 is 1.56 bits per heavy atom. The number of nitrogens with zero attached hydrogens (tertiary/aromatic N) is 6. The SMILES string of the molecule is COc1cc(-c2cn(C3CCN(C(c4ccc(C)cc4)c4ccc(C)cc4)C3)nn2)ccc1-n1cnc(C)c1. The third-order valence-corrected chi connectivity index (χ3v) is 7.70. The van der Waals surface area contributed by atoms with E-state index >= 15 is 0 Å². The summed E-state index contributed by atoms with van der Waals surface area (Å²) >= 11 is 0. The highest BCUT2D eigenvalue weighted by atomic mass is 16.5. The summed E-state index contributed by atoms with van der Waals surface area (Å²) in [5, 5.41) is 9.10. The van der Waals surface area contributed by atoms with Crippen LogP contribution in [0.3, 0.4) is 0 Å². The Morgan fingerprint density at radius 1 is 0.872 bits per heavy atom. The number of benzene rings is 3. The minimum atomic E-state index is 0.211. The summed E-state index contributed by atoms with van der Waals surface area (Å²) in [6.07, 6.45) is 6.88. The van der Waals surface area contributed by atoms with Gasteiger partial charge in [-0.15, -0.1) is 5.10 Å². The Bertz CT molecular complexity index is 1520. The molecule has 0 radical (unpaired) electrons. The molecule has 7 heteroatoms. The number of ether oxygens (including phenoxy) is 1. The second-order valence-electron chi connectivity index (χ2n) is 10.6. The van der Waals surface area contributed by atoms with Crippen LogP contribution in [0.4, 0.5) is 0 Å². The number of likely N-dealkylation sites (tertiary alicyclic amines) is 1. The van der Waals surface area contributed by atoms with Crippen molar-refractivity contribution in [1.82, 2.24) is 29.4 Å². The molecule has 1 unspecified atom stereocenters. The van der Waals surface area contributed by atoms with Crippen molar-refractivity contribution in [2.45, 2.75) is 39.3 Å². The molecule has 0 N–H and O–H groups in total. The molecule has 1 atom stereocenters.